The van der Waals surface area contributed by atoms with Gasteiger partial charge in [0.1, 0.15) is 23.7 Å². The normalized spacial score (nSPS) is 19.8. The number of hydrogen-bond donors (Lipinski definition) is 3. The number of nitrogens with one attached hydrogen (secondary N) is 2. The van der Waals surface area contributed by atoms with Crippen molar-refractivity contribution >= 4 is 11.9 Å². The van der Waals surface area contributed by atoms with Crippen LogP contribution in [0.2, 0.25) is 0 Å². The van der Waals surface area contributed by atoms with E-state index in [2.05, 4.69) is 22.8 Å². The number of aliphatic hydroxyl groups is 1. The third-order valence-corrected chi connectivity index (χ3v) is 10.9. The van der Waals surface area contributed by atoms with Crippen LogP contribution in [0.4, 0.5) is 0 Å². The predicted molar refractivity (Wildman–Crippen MR) is 224 cm³/mol. The molecule has 0 radical (unpaired) electrons. The molecule has 1 saturated heterocycles. The van der Waals surface area contributed by atoms with Gasteiger partial charge in [-0.2, -0.15) is 0 Å². The highest BCUT2D eigenvalue weighted by Gasteiger charge is 2.43. The first-order valence-corrected chi connectivity index (χ1v) is 20.8. The van der Waals surface area contributed by atoms with Crippen molar-refractivity contribution < 1.29 is 52.6 Å². The highest BCUT2D eigenvalue weighted by molar-refractivity contribution is 5.73. The number of ether oxygens (including phenoxy) is 8. The zero-order valence-corrected chi connectivity index (χ0v) is 35.7. The molecule has 59 heavy (non-hydrogen) atoms. The maximum atomic E-state index is 11.9. The Morgan fingerprint density at radius 2 is 1.36 bits per heavy atom. The molecule has 326 valence electrons. The summed E-state index contributed by atoms with van der Waals surface area (Å²) in [7, 11) is 3.31. The van der Waals surface area contributed by atoms with Crippen molar-refractivity contribution in [3.63, 3.8) is 0 Å². The summed E-state index contributed by atoms with van der Waals surface area (Å²) in [5.74, 6) is 1.03. The average molecular weight is 823 g/mol. The van der Waals surface area contributed by atoms with Crippen LogP contribution in [-0.4, -0.2) is 116 Å². The van der Waals surface area contributed by atoms with Gasteiger partial charge in [-0.1, -0.05) is 74.9 Å². The van der Waals surface area contributed by atoms with Gasteiger partial charge in [0.15, 0.2) is 6.29 Å². The Kier molecular flexibility index (Phi) is 20.6. The van der Waals surface area contributed by atoms with Crippen molar-refractivity contribution in [1.82, 2.24) is 10.6 Å². The Bertz CT molecular complexity index is 1580. The van der Waals surface area contributed by atoms with Crippen LogP contribution >= 0.6 is 0 Å². The Morgan fingerprint density at radius 1 is 0.763 bits per heavy atom. The smallest absolute Gasteiger partial charge is 0.302 e. The lowest BCUT2D eigenvalue weighted by Crippen LogP contribution is -2.58. The molecule has 4 rings (SSSR count). The number of esters is 1. The molecular weight excluding hydrogens is 757 g/mol. The van der Waals surface area contributed by atoms with Crippen LogP contribution < -0.4 is 20.1 Å². The number of hydrogen-bond acceptors (Lipinski definition) is 12. The SMILES string of the molecule is COc1ccc(C(OCC(CO)CCCCNCCOCCOCCOC2OC(COC(C)=O)C(C)C(C)C2NC(C)=O)(c2ccccc2)c2ccc(OC)cc2)cc1. The molecule has 6 unspecified atom stereocenters. The fourth-order valence-electron chi connectivity index (χ4n) is 7.30. The molecule has 0 bridgehead atoms. The fraction of sp³-hybridized carbons (Fsp3) is 0.565. The van der Waals surface area contributed by atoms with Crippen LogP contribution in [0.5, 0.6) is 11.5 Å². The van der Waals surface area contributed by atoms with E-state index in [1.165, 1.54) is 13.8 Å². The number of aliphatic hydroxyl groups excluding tert-OH is 1. The minimum atomic E-state index is -0.925. The number of carbonyl (C=O) groups is 2. The highest BCUT2D eigenvalue weighted by atomic mass is 16.7. The number of unbranched alkanes of at least 4 members (excludes halogenated alkanes) is 1. The van der Waals surface area contributed by atoms with E-state index >= 15 is 0 Å². The molecule has 1 amide bonds. The van der Waals surface area contributed by atoms with Crippen LogP contribution in [0, 0.1) is 17.8 Å². The summed E-state index contributed by atoms with van der Waals surface area (Å²) in [6, 6.07) is 25.8. The van der Waals surface area contributed by atoms with Gasteiger partial charge in [0.2, 0.25) is 5.91 Å². The van der Waals surface area contributed by atoms with Gasteiger partial charge in [0.05, 0.1) is 66.0 Å². The monoisotopic (exact) mass is 822 g/mol. The van der Waals surface area contributed by atoms with E-state index in [4.69, 9.17) is 37.9 Å². The number of amides is 1. The van der Waals surface area contributed by atoms with Crippen LogP contribution in [0.15, 0.2) is 78.9 Å². The van der Waals surface area contributed by atoms with Gasteiger partial charge < -0.3 is 53.6 Å². The topological polar surface area (TPSA) is 152 Å². The minimum Gasteiger partial charge on any atom is -0.497 e. The standard InChI is InChI=1S/C46H66N2O11/c1-33-34(2)44(48-35(3)50)45(59-43(33)32-57-36(4)51)56-29-28-55-27-26-54-25-24-47-23-11-10-12-37(30-49)31-58-46(38-13-8-7-9-14-38,39-15-19-41(52-5)20-16-39)40-17-21-42(53-6)22-18-40/h7-9,13-22,33-34,37,43-45,47,49H,10-12,23-32H2,1-6H3,(H,48,50). The zero-order chi connectivity index (χ0) is 42.5. The van der Waals surface area contributed by atoms with Crippen molar-refractivity contribution in [2.75, 3.05) is 80.2 Å². The van der Waals surface area contributed by atoms with E-state index in [0.717, 1.165) is 54.0 Å². The zero-order valence-electron chi connectivity index (χ0n) is 35.7. The molecule has 1 aliphatic rings. The second kappa shape index (κ2) is 25.5. The molecule has 13 nitrogen and oxygen atoms in total. The molecule has 0 aromatic heterocycles. The number of methoxy groups -OCH3 is 2. The van der Waals surface area contributed by atoms with Crippen molar-refractivity contribution in [2.45, 2.75) is 71.0 Å². The second-order valence-electron chi connectivity index (χ2n) is 15.0. The van der Waals surface area contributed by atoms with E-state index < -0.39 is 11.9 Å². The van der Waals surface area contributed by atoms with Gasteiger partial charge in [-0.05, 0) is 72.2 Å². The van der Waals surface area contributed by atoms with Crippen molar-refractivity contribution in [3.05, 3.63) is 95.6 Å². The van der Waals surface area contributed by atoms with E-state index in [0.29, 0.717) is 39.6 Å². The highest BCUT2D eigenvalue weighted by Crippen LogP contribution is 2.42. The molecule has 0 saturated carbocycles. The van der Waals surface area contributed by atoms with E-state index in [1.54, 1.807) is 14.2 Å². The summed E-state index contributed by atoms with van der Waals surface area (Å²) >= 11 is 0. The maximum Gasteiger partial charge on any atom is 0.302 e. The summed E-state index contributed by atoms with van der Waals surface area (Å²) in [5, 5.41) is 16.8. The summed E-state index contributed by atoms with van der Waals surface area (Å²) in [6.07, 6.45) is 1.68. The van der Waals surface area contributed by atoms with Gasteiger partial charge in [-0.25, -0.2) is 0 Å². The quantitative estimate of drug-likeness (QED) is 0.0507. The number of rotatable bonds is 27. The third kappa shape index (κ3) is 14.6. The van der Waals surface area contributed by atoms with Gasteiger partial charge in [-0.3, -0.25) is 9.59 Å². The minimum absolute atomic E-state index is 0.0219. The molecule has 13 heteroatoms. The Balaban J connectivity index is 1.15. The van der Waals surface area contributed by atoms with Gasteiger partial charge in [-0.15, -0.1) is 0 Å². The lowest BCUT2D eigenvalue weighted by atomic mass is 9.79. The number of benzene rings is 3. The average Bonchev–Trinajstić information content (AvgIpc) is 3.25. The molecule has 3 aromatic rings. The van der Waals surface area contributed by atoms with E-state index in [-0.39, 0.29) is 61.6 Å². The molecule has 0 aliphatic carbocycles. The van der Waals surface area contributed by atoms with Crippen LogP contribution in [0.25, 0.3) is 0 Å². The maximum absolute atomic E-state index is 11.9. The molecule has 1 heterocycles. The summed E-state index contributed by atoms with van der Waals surface area (Å²) < 4.78 is 46.6. The molecular formula is C46H66N2O11. The molecule has 1 aliphatic heterocycles. The van der Waals surface area contributed by atoms with Crippen LogP contribution in [0.3, 0.4) is 0 Å². The third-order valence-electron chi connectivity index (χ3n) is 10.9. The molecule has 0 spiro atoms. The Morgan fingerprint density at radius 3 is 1.93 bits per heavy atom. The summed E-state index contributed by atoms with van der Waals surface area (Å²) in [4.78, 5) is 23.2. The molecule has 3 N–H and O–H groups in total. The summed E-state index contributed by atoms with van der Waals surface area (Å²) in [5.41, 5.74) is 1.97. The molecule has 6 atom stereocenters. The molecule has 3 aromatic carbocycles. The van der Waals surface area contributed by atoms with Gasteiger partial charge >= 0.3 is 5.97 Å². The lowest BCUT2D eigenvalue weighted by Gasteiger charge is -2.44. The second-order valence-corrected chi connectivity index (χ2v) is 15.0. The van der Waals surface area contributed by atoms with Crippen molar-refractivity contribution in [3.8, 4) is 11.5 Å². The lowest BCUT2D eigenvalue weighted by molar-refractivity contribution is -0.247. The Labute approximate surface area is 350 Å². The predicted octanol–water partition coefficient (Wildman–Crippen LogP) is 5.50. The first-order valence-electron chi connectivity index (χ1n) is 20.8. The van der Waals surface area contributed by atoms with Crippen LogP contribution in [-0.2, 0) is 43.6 Å². The van der Waals surface area contributed by atoms with Crippen LogP contribution in [0.1, 0.15) is 63.6 Å². The Hall–Kier alpha value is -4.08. The first-order chi connectivity index (χ1) is 28.6. The van der Waals surface area contributed by atoms with E-state index in [9.17, 15) is 14.7 Å². The largest absolute Gasteiger partial charge is 0.497 e. The fourth-order valence-corrected chi connectivity index (χ4v) is 7.30. The van der Waals surface area contributed by atoms with E-state index in [1.807, 2.05) is 80.6 Å². The van der Waals surface area contributed by atoms with Gasteiger partial charge in [0.25, 0.3) is 0 Å². The number of carbonyl (C=O) groups excluding carboxylic acids is 2. The van der Waals surface area contributed by atoms with Gasteiger partial charge in [0, 0.05) is 32.9 Å². The first kappa shape index (κ1) is 47.6. The molecule has 1 fully saturated rings. The van der Waals surface area contributed by atoms with Crippen molar-refractivity contribution in [2.24, 2.45) is 17.8 Å². The van der Waals surface area contributed by atoms with Crippen molar-refractivity contribution in [1.29, 1.82) is 0 Å². The summed E-state index contributed by atoms with van der Waals surface area (Å²) in [6.45, 7) is 11.0.